The van der Waals surface area contributed by atoms with Gasteiger partial charge in [0.1, 0.15) is 11.5 Å². The fourth-order valence-electron chi connectivity index (χ4n) is 4.59. The lowest BCUT2D eigenvalue weighted by atomic mass is 10.0. The van der Waals surface area contributed by atoms with Crippen LogP contribution in [0.3, 0.4) is 0 Å². The molecule has 2 N–H and O–H groups in total. The van der Waals surface area contributed by atoms with Gasteiger partial charge in [0, 0.05) is 59.3 Å². The minimum Gasteiger partial charge on any atom is -0.508 e. The van der Waals surface area contributed by atoms with Crippen molar-refractivity contribution < 1.29 is 10.2 Å². The number of phenols is 2. The molecule has 0 radical (unpaired) electrons. The quantitative estimate of drug-likeness (QED) is 0.312. The summed E-state index contributed by atoms with van der Waals surface area (Å²) >= 11 is 7.07. The van der Waals surface area contributed by atoms with Crippen molar-refractivity contribution in [3.8, 4) is 11.5 Å². The molecule has 1 aliphatic heterocycles. The lowest BCUT2D eigenvalue weighted by Gasteiger charge is -2.35. The largest absolute Gasteiger partial charge is 0.508 e. The molecule has 5 rings (SSSR count). The number of halogens is 2. The minimum absolute atomic E-state index is 0.356. The first-order chi connectivity index (χ1) is 15.5. The van der Waals surface area contributed by atoms with Gasteiger partial charge in [-0.1, -0.05) is 56.1 Å². The van der Waals surface area contributed by atoms with Crippen molar-refractivity contribution in [3.63, 3.8) is 0 Å². The summed E-state index contributed by atoms with van der Waals surface area (Å²) in [6.45, 7) is 5.14. The van der Waals surface area contributed by atoms with Gasteiger partial charge in [0.05, 0.1) is 0 Å². The summed E-state index contributed by atoms with van der Waals surface area (Å²) in [5, 5.41) is 25.5. The highest BCUT2D eigenvalue weighted by atomic mass is 79.9. The molecule has 0 aliphatic carbocycles. The van der Waals surface area contributed by atoms with Crippen molar-refractivity contribution in [2.75, 3.05) is 26.2 Å². The van der Waals surface area contributed by atoms with Gasteiger partial charge in [-0.05, 0) is 57.9 Å². The van der Waals surface area contributed by atoms with Crippen LogP contribution in [-0.2, 0) is 13.1 Å². The first-order valence-electron chi connectivity index (χ1n) is 10.7. The Bertz CT molecular complexity index is 1200. The minimum atomic E-state index is 0.356. The maximum Gasteiger partial charge on any atom is 0.120 e. The van der Waals surface area contributed by atoms with Crippen molar-refractivity contribution in [3.05, 3.63) is 80.7 Å². The van der Waals surface area contributed by atoms with E-state index in [0.29, 0.717) is 11.5 Å². The maximum atomic E-state index is 10.5. The average molecular weight is 556 g/mol. The van der Waals surface area contributed by atoms with E-state index in [2.05, 4.69) is 65.9 Å². The van der Waals surface area contributed by atoms with E-state index in [1.165, 1.54) is 0 Å². The zero-order valence-electron chi connectivity index (χ0n) is 17.6. The van der Waals surface area contributed by atoms with E-state index < -0.39 is 0 Å². The molecule has 4 nitrogen and oxygen atoms in total. The predicted molar refractivity (Wildman–Crippen MR) is 137 cm³/mol. The van der Waals surface area contributed by atoms with Gasteiger partial charge in [-0.15, -0.1) is 0 Å². The van der Waals surface area contributed by atoms with Crippen LogP contribution >= 0.6 is 31.9 Å². The second kappa shape index (κ2) is 9.02. The number of rotatable bonds is 4. The molecule has 1 fully saturated rings. The van der Waals surface area contributed by atoms with Crippen LogP contribution in [-0.4, -0.2) is 46.2 Å². The van der Waals surface area contributed by atoms with Crippen LogP contribution in [0.25, 0.3) is 21.5 Å². The third-order valence-corrected chi connectivity index (χ3v) is 7.35. The lowest BCUT2D eigenvalue weighted by Crippen LogP contribution is -2.45. The maximum absolute atomic E-state index is 10.5. The summed E-state index contributed by atoms with van der Waals surface area (Å²) in [6.07, 6.45) is 0. The molecule has 1 aliphatic rings. The highest BCUT2D eigenvalue weighted by molar-refractivity contribution is 9.10. The molecule has 4 aromatic rings. The van der Waals surface area contributed by atoms with Gasteiger partial charge in [-0.2, -0.15) is 0 Å². The summed E-state index contributed by atoms with van der Waals surface area (Å²) in [6, 6.07) is 19.9. The zero-order valence-corrected chi connectivity index (χ0v) is 20.7. The monoisotopic (exact) mass is 554 g/mol. The van der Waals surface area contributed by atoms with Crippen LogP contribution in [0, 0.1) is 0 Å². The number of hydrogen-bond acceptors (Lipinski definition) is 4. The fourth-order valence-corrected chi connectivity index (χ4v) is 5.35. The molecule has 0 saturated carbocycles. The molecular weight excluding hydrogens is 532 g/mol. The molecule has 1 saturated heterocycles. The van der Waals surface area contributed by atoms with Crippen LogP contribution in [0.15, 0.2) is 69.6 Å². The second-order valence-corrected chi connectivity index (χ2v) is 10.2. The third-order valence-electron chi connectivity index (χ3n) is 6.37. The molecule has 0 spiro atoms. The van der Waals surface area contributed by atoms with Crippen molar-refractivity contribution in [1.29, 1.82) is 0 Å². The Hall–Kier alpha value is -2.12. The molecule has 32 heavy (non-hydrogen) atoms. The Morgan fingerprint density at radius 2 is 1.00 bits per heavy atom. The number of fused-ring (bicyclic) bond motifs is 2. The van der Waals surface area contributed by atoms with E-state index >= 15 is 0 Å². The highest BCUT2D eigenvalue weighted by Crippen LogP contribution is 2.32. The van der Waals surface area contributed by atoms with Gasteiger partial charge >= 0.3 is 0 Å². The highest BCUT2D eigenvalue weighted by Gasteiger charge is 2.21. The summed E-state index contributed by atoms with van der Waals surface area (Å²) in [5.74, 6) is 0.711. The number of aromatic hydroxyl groups is 2. The molecular formula is C26H24Br2N2O2. The fraction of sp³-hybridized carbons (Fsp3) is 0.231. The van der Waals surface area contributed by atoms with Crippen molar-refractivity contribution in [2.24, 2.45) is 0 Å². The summed E-state index contributed by atoms with van der Waals surface area (Å²) in [4.78, 5) is 4.79. The molecule has 0 aromatic heterocycles. The first kappa shape index (κ1) is 21.7. The molecule has 0 amide bonds. The zero-order chi connectivity index (χ0) is 22.2. The number of phenolic OH excluding ortho intramolecular Hbond substituents is 2. The number of nitrogens with zero attached hydrogens (tertiary/aromatic N) is 2. The molecule has 4 aromatic carbocycles. The first-order valence-corrected chi connectivity index (χ1v) is 12.3. The van der Waals surface area contributed by atoms with E-state index in [1.807, 2.05) is 24.3 Å². The Balaban J connectivity index is 1.30. The molecule has 0 unspecified atom stereocenters. The summed E-state index contributed by atoms with van der Waals surface area (Å²) in [5.41, 5.74) is 1.97. The number of hydrogen-bond donors (Lipinski definition) is 2. The standard InChI is InChI=1S/C26H24Br2N2O2/c27-19-3-5-21-17(13-19)1-7-25(31)23(21)15-29-9-11-30(12-10-29)16-24-22-6-4-20(28)14-18(22)2-8-26(24)32/h1-8,13-14,31-32H,9-12,15-16H2. The van der Waals surface area contributed by atoms with E-state index in [4.69, 9.17) is 0 Å². The normalized spacial score (nSPS) is 15.6. The van der Waals surface area contributed by atoms with Gasteiger partial charge in [-0.3, -0.25) is 9.80 Å². The van der Waals surface area contributed by atoms with Crippen molar-refractivity contribution in [2.45, 2.75) is 13.1 Å². The van der Waals surface area contributed by atoms with E-state index in [-0.39, 0.29) is 0 Å². The Morgan fingerprint density at radius 3 is 1.41 bits per heavy atom. The second-order valence-electron chi connectivity index (χ2n) is 8.41. The van der Waals surface area contributed by atoms with Crippen LogP contribution in [0.4, 0.5) is 0 Å². The van der Waals surface area contributed by atoms with Gasteiger partial charge < -0.3 is 10.2 Å². The SMILES string of the molecule is Oc1ccc2cc(Br)ccc2c1CN1CCN(Cc2c(O)ccc3cc(Br)ccc23)CC1. The van der Waals surface area contributed by atoms with E-state index in [1.54, 1.807) is 12.1 Å². The summed E-state index contributed by atoms with van der Waals surface area (Å²) < 4.78 is 2.08. The Morgan fingerprint density at radius 1 is 0.594 bits per heavy atom. The number of piperazine rings is 1. The Kier molecular flexibility index (Phi) is 6.12. The van der Waals surface area contributed by atoms with Gasteiger partial charge in [-0.25, -0.2) is 0 Å². The predicted octanol–water partition coefficient (Wildman–Crippen LogP) is 6.25. The van der Waals surface area contributed by atoms with Gasteiger partial charge in [0.25, 0.3) is 0 Å². The summed E-state index contributed by atoms with van der Waals surface area (Å²) in [7, 11) is 0. The van der Waals surface area contributed by atoms with Gasteiger partial charge in [0.15, 0.2) is 0 Å². The third kappa shape index (κ3) is 4.37. The average Bonchev–Trinajstić information content (AvgIpc) is 2.79. The van der Waals surface area contributed by atoms with Crippen LogP contribution in [0.1, 0.15) is 11.1 Å². The molecule has 1 heterocycles. The molecule has 164 valence electrons. The van der Waals surface area contributed by atoms with Crippen LogP contribution < -0.4 is 0 Å². The topological polar surface area (TPSA) is 46.9 Å². The molecule has 6 heteroatoms. The van der Waals surface area contributed by atoms with Crippen LogP contribution in [0.5, 0.6) is 11.5 Å². The van der Waals surface area contributed by atoms with Gasteiger partial charge in [0.2, 0.25) is 0 Å². The Labute approximate surface area is 204 Å². The number of benzene rings is 4. The smallest absolute Gasteiger partial charge is 0.120 e. The molecule has 0 bridgehead atoms. The van der Waals surface area contributed by atoms with E-state index in [0.717, 1.165) is 80.9 Å². The van der Waals surface area contributed by atoms with Crippen LogP contribution in [0.2, 0.25) is 0 Å². The molecule has 0 atom stereocenters. The van der Waals surface area contributed by atoms with E-state index in [9.17, 15) is 10.2 Å². The lowest BCUT2D eigenvalue weighted by molar-refractivity contribution is 0.121. The van der Waals surface area contributed by atoms with Crippen molar-refractivity contribution >= 4 is 53.4 Å². The van der Waals surface area contributed by atoms with Crippen molar-refractivity contribution in [1.82, 2.24) is 9.80 Å².